The van der Waals surface area contributed by atoms with Gasteiger partial charge in [-0.2, -0.15) is 0 Å². The van der Waals surface area contributed by atoms with Crippen molar-refractivity contribution in [3.05, 3.63) is 29.0 Å². The van der Waals surface area contributed by atoms with Crippen LogP contribution in [0.5, 0.6) is 0 Å². The minimum absolute atomic E-state index is 0.478. The molecular formula is C12H18ClNO2. The van der Waals surface area contributed by atoms with Crippen LogP contribution in [-0.2, 0) is 16.1 Å². The molecule has 0 aromatic carbocycles. The lowest BCUT2D eigenvalue weighted by atomic mass is 10.2. The van der Waals surface area contributed by atoms with E-state index in [-0.39, 0.29) is 0 Å². The van der Waals surface area contributed by atoms with E-state index >= 15 is 0 Å². The van der Waals surface area contributed by atoms with Crippen LogP contribution in [0.2, 0.25) is 5.15 Å². The molecule has 0 aliphatic heterocycles. The van der Waals surface area contributed by atoms with Crippen LogP contribution in [0.4, 0.5) is 0 Å². The average Bonchev–Trinajstić information content (AvgIpc) is 2.23. The Morgan fingerprint density at radius 1 is 1.25 bits per heavy atom. The minimum Gasteiger partial charge on any atom is -0.379 e. The van der Waals surface area contributed by atoms with Gasteiger partial charge in [0.15, 0.2) is 0 Å². The third kappa shape index (κ3) is 6.05. The zero-order valence-electron chi connectivity index (χ0n) is 9.78. The summed E-state index contributed by atoms with van der Waals surface area (Å²) in [4.78, 5) is 4.12. The monoisotopic (exact) mass is 243 g/mol. The molecule has 16 heavy (non-hydrogen) atoms. The standard InChI is InChI=1S/C12H18ClNO2/c1-10(2)8-15-6-7-16-9-11-4-3-5-12(13)14-11/h3-5,10H,6-9H2,1-2H3. The van der Waals surface area contributed by atoms with E-state index in [2.05, 4.69) is 18.8 Å². The minimum atomic E-state index is 0.478. The molecule has 0 bridgehead atoms. The number of nitrogens with zero attached hydrogens (tertiary/aromatic N) is 1. The van der Waals surface area contributed by atoms with E-state index in [0.29, 0.717) is 30.9 Å². The summed E-state index contributed by atoms with van der Waals surface area (Å²) in [6, 6.07) is 5.50. The van der Waals surface area contributed by atoms with Gasteiger partial charge in [-0.25, -0.2) is 4.98 Å². The molecule has 0 spiro atoms. The molecule has 1 heterocycles. The normalized spacial score (nSPS) is 11.0. The number of rotatable bonds is 7. The first-order valence-corrected chi connectivity index (χ1v) is 5.83. The molecule has 0 amide bonds. The molecule has 4 heteroatoms. The molecule has 0 saturated heterocycles. The second-order valence-electron chi connectivity index (χ2n) is 3.97. The van der Waals surface area contributed by atoms with Crippen LogP contribution < -0.4 is 0 Å². The zero-order valence-corrected chi connectivity index (χ0v) is 10.5. The molecule has 0 saturated carbocycles. The van der Waals surface area contributed by atoms with Gasteiger partial charge in [0.25, 0.3) is 0 Å². The van der Waals surface area contributed by atoms with Crippen LogP contribution in [0.1, 0.15) is 19.5 Å². The van der Waals surface area contributed by atoms with Crippen molar-refractivity contribution in [1.82, 2.24) is 4.98 Å². The first kappa shape index (κ1) is 13.4. The van der Waals surface area contributed by atoms with Gasteiger partial charge in [0.05, 0.1) is 25.5 Å². The maximum atomic E-state index is 5.75. The van der Waals surface area contributed by atoms with E-state index < -0.39 is 0 Å². The molecule has 0 atom stereocenters. The fourth-order valence-corrected chi connectivity index (χ4v) is 1.33. The summed E-state index contributed by atoms with van der Waals surface area (Å²) in [7, 11) is 0. The lowest BCUT2D eigenvalue weighted by Gasteiger charge is -2.07. The maximum absolute atomic E-state index is 5.75. The van der Waals surface area contributed by atoms with Crippen LogP contribution in [0.25, 0.3) is 0 Å². The molecule has 0 N–H and O–H groups in total. The molecular weight excluding hydrogens is 226 g/mol. The van der Waals surface area contributed by atoms with Crippen LogP contribution in [0.15, 0.2) is 18.2 Å². The first-order chi connectivity index (χ1) is 7.68. The number of halogens is 1. The Kier molecular flexibility index (Phi) is 6.38. The van der Waals surface area contributed by atoms with Gasteiger partial charge in [0.2, 0.25) is 0 Å². The van der Waals surface area contributed by atoms with E-state index in [9.17, 15) is 0 Å². The Labute approximate surface area is 102 Å². The lowest BCUT2D eigenvalue weighted by Crippen LogP contribution is -2.08. The lowest BCUT2D eigenvalue weighted by molar-refractivity contribution is 0.0305. The smallest absolute Gasteiger partial charge is 0.129 e. The van der Waals surface area contributed by atoms with Crippen LogP contribution in [0, 0.1) is 5.92 Å². The highest BCUT2D eigenvalue weighted by Crippen LogP contribution is 2.05. The molecule has 3 nitrogen and oxygen atoms in total. The Bertz CT molecular complexity index is 305. The molecule has 1 rings (SSSR count). The summed E-state index contributed by atoms with van der Waals surface area (Å²) in [6.45, 7) is 6.71. The van der Waals surface area contributed by atoms with E-state index in [4.69, 9.17) is 21.1 Å². The van der Waals surface area contributed by atoms with Crippen LogP contribution >= 0.6 is 11.6 Å². The predicted octanol–water partition coefficient (Wildman–Crippen LogP) is 2.92. The van der Waals surface area contributed by atoms with Crippen molar-refractivity contribution in [2.24, 2.45) is 5.92 Å². The predicted molar refractivity (Wildman–Crippen MR) is 64.6 cm³/mol. The Hall–Kier alpha value is -0.640. The second-order valence-corrected chi connectivity index (χ2v) is 4.36. The van der Waals surface area contributed by atoms with E-state index in [1.165, 1.54) is 0 Å². The van der Waals surface area contributed by atoms with E-state index in [0.717, 1.165) is 12.3 Å². The van der Waals surface area contributed by atoms with Gasteiger partial charge in [-0.05, 0) is 18.1 Å². The Morgan fingerprint density at radius 3 is 2.69 bits per heavy atom. The van der Waals surface area contributed by atoms with Crippen molar-refractivity contribution in [1.29, 1.82) is 0 Å². The molecule has 0 aliphatic rings. The topological polar surface area (TPSA) is 31.4 Å². The highest BCUT2D eigenvalue weighted by atomic mass is 35.5. The van der Waals surface area contributed by atoms with Crippen molar-refractivity contribution < 1.29 is 9.47 Å². The van der Waals surface area contributed by atoms with E-state index in [1.807, 2.05) is 12.1 Å². The third-order valence-corrected chi connectivity index (χ3v) is 2.06. The second kappa shape index (κ2) is 7.60. The summed E-state index contributed by atoms with van der Waals surface area (Å²) < 4.78 is 10.8. The molecule has 0 radical (unpaired) electrons. The number of ether oxygens (including phenoxy) is 2. The summed E-state index contributed by atoms with van der Waals surface area (Å²) in [6.07, 6.45) is 0. The zero-order chi connectivity index (χ0) is 11.8. The van der Waals surface area contributed by atoms with Crippen molar-refractivity contribution in [3.63, 3.8) is 0 Å². The van der Waals surface area contributed by atoms with Gasteiger partial charge in [0, 0.05) is 6.61 Å². The summed E-state index contributed by atoms with van der Waals surface area (Å²) >= 11 is 5.75. The van der Waals surface area contributed by atoms with Gasteiger partial charge in [0.1, 0.15) is 5.15 Å². The van der Waals surface area contributed by atoms with Crippen molar-refractivity contribution in [3.8, 4) is 0 Å². The number of hydrogen-bond donors (Lipinski definition) is 0. The fraction of sp³-hybridized carbons (Fsp3) is 0.583. The fourth-order valence-electron chi connectivity index (χ4n) is 1.14. The van der Waals surface area contributed by atoms with Crippen LogP contribution in [-0.4, -0.2) is 24.8 Å². The number of pyridine rings is 1. The molecule has 90 valence electrons. The van der Waals surface area contributed by atoms with Crippen molar-refractivity contribution >= 4 is 11.6 Å². The molecule has 0 fully saturated rings. The van der Waals surface area contributed by atoms with Gasteiger partial charge in [-0.15, -0.1) is 0 Å². The Morgan fingerprint density at radius 2 is 2.00 bits per heavy atom. The van der Waals surface area contributed by atoms with Gasteiger partial charge in [-0.1, -0.05) is 31.5 Å². The molecule has 1 aromatic heterocycles. The SMILES string of the molecule is CC(C)COCCOCc1cccc(Cl)n1. The molecule has 0 unspecified atom stereocenters. The first-order valence-electron chi connectivity index (χ1n) is 5.45. The average molecular weight is 244 g/mol. The third-order valence-electron chi connectivity index (χ3n) is 1.85. The van der Waals surface area contributed by atoms with Gasteiger partial charge >= 0.3 is 0 Å². The maximum Gasteiger partial charge on any atom is 0.129 e. The van der Waals surface area contributed by atoms with Gasteiger partial charge in [-0.3, -0.25) is 0 Å². The summed E-state index contributed by atoms with van der Waals surface area (Å²) in [5, 5.41) is 0.497. The number of hydrogen-bond acceptors (Lipinski definition) is 3. The molecule has 1 aromatic rings. The molecule has 0 aliphatic carbocycles. The largest absolute Gasteiger partial charge is 0.379 e. The quantitative estimate of drug-likeness (QED) is 0.545. The number of aromatic nitrogens is 1. The highest BCUT2D eigenvalue weighted by molar-refractivity contribution is 6.29. The van der Waals surface area contributed by atoms with Crippen molar-refractivity contribution in [2.75, 3.05) is 19.8 Å². The van der Waals surface area contributed by atoms with Gasteiger partial charge < -0.3 is 9.47 Å². The summed E-state index contributed by atoms with van der Waals surface area (Å²) in [5.74, 6) is 0.564. The van der Waals surface area contributed by atoms with Crippen molar-refractivity contribution in [2.45, 2.75) is 20.5 Å². The van der Waals surface area contributed by atoms with E-state index in [1.54, 1.807) is 6.07 Å². The summed E-state index contributed by atoms with van der Waals surface area (Å²) in [5.41, 5.74) is 0.844. The highest BCUT2D eigenvalue weighted by Gasteiger charge is 1.97. The Balaban J connectivity index is 2.07. The van der Waals surface area contributed by atoms with Crippen LogP contribution in [0.3, 0.4) is 0 Å².